The van der Waals surface area contributed by atoms with Crippen molar-refractivity contribution in [1.29, 1.82) is 0 Å². The van der Waals surface area contributed by atoms with Crippen LogP contribution in [0.25, 0.3) is 0 Å². The average molecular weight is 271 g/mol. The first kappa shape index (κ1) is 13.9. The fourth-order valence-electron chi connectivity index (χ4n) is 1.84. The Hall–Kier alpha value is -2.53. The first-order valence-electron chi connectivity index (χ1n) is 6.22. The fourth-order valence-corrected chi connectivity index (χ4v) is 1.84. The molecule has 0 aromatic heterocycles. The monoisotopic (exact) mass is 271 g/mol. The van der Waals surface area contributed by atoms with Gasteiger partial charge in [0.2, 0.25) is 5.91 Å². The van der Waals surface area contributed by atoms with Crippen molar-refractivity contribution in [1.82, 2.24) is 0 Å². The minimum atomic E-state index is -0.497. The van der Waals surface area contributed by atoms with Crippen molar-refractivity contribution in [2.75, 3.05) is 11.1 Å². The van der Waals surface area contributed by atoms with Crippen LogP contribution in [0, 0.1) is 0 Å². The van der Waals surface area contributed by atoms with Crippen molar-refractivity contribution in [3.05, 3.63) is 59.2 Å². The second kappa shape index (κ2) is 6.08. The largest absolute Gasteiger partial charge is 0.397 e. The lowest BCUT2D eigenvalue weighted by atomic mass is 10.1. The number of amides is 1. The van der Waals surface area contributed by atoms with Gasteiger partial charge < -0.3 is 21.9 Å². The van der Waals surface area contributed by atoms with Crippen LogP contribution in [-0.2, 0) is 13.2 Å². The van der Waals surface area contributed by atoms with Gasteiger partial charge in [-0.25, -0.2) is 0 Å². The lowest BCUT2D eigenvalue weighted by molar-refractivity contribution is 0.100. The van der Waals surface area contributed by atoms with E-state index in [1.165, 1.54) is 0 Å². The van der Waals surface area contributed by atoms with Crippen molar-refractivity contribution in [2.24, 2.45) is 5.73 Å². The number of nitrogens with two attached hydrogens (primary N) is 2. The molecule has 0 aliphatic rings. The van der Waals surface area contributed by atoms with E-state index in [1.54, 1.807) is 18.2 Å². The molecule has 0 heterocycles. The molecule has 0 spiro atoms. The molecule has 0 radical (unpaired) electrons. The van der Waals surface area contributed by atoms with Crippen LogP contribution < -0.4 is 16.8 Å². The number of anilines is 2. The first-order valence-corrected chi connectivity index (χ1v) is 6.22. The van der Waals surface area contributed by atoms with Crippen LogP contribution in [0.3, 0.4) is 0 Å². The number of nitrogen functional groups attached to an aromatic ring is 1. The lowest BCUT2D eigenvalue weighted by Gasteiger charge is -2.10. The SMILES string of the molecule is NC(=O)c1ccc(NCc2ccc(CO)cc2)c(N)c1. The van der Waals surface area contributed by atoms with Crippen molar-refractivity contribution in [3.63, 3.8) is 0 Å². The highest BCUT2D eigenvalue weighted by molar-refractivity contribution is 5.94. The standard InChI is InChI=1S/C15H17N3O2/c16-13-7-12(15(17)20)5-6-14(13)18-8-10-1-3-11(9-19)4-2-10/h1-7,18-19H,8-9,16H2,(H2,17,20). The smallest absolute Gasteiger partial charge is 0.248 e. The summed E-state index contributed by atoms with van der Waals surface area (Å²) >= 11 is 0. The number of rotatable bonds is 5. The number of aliphatic hydroxyl groups excluding tert-OH is 1. The zero-order chi connectivity index (χ0) is 14.5. The molecule has 2 aromatic carbocycles. The highest BCUT2D eigenvalue weighted by atomic mass is 16.3. The first-order chi connectivity index (χ1) is 9.60. The molecular weight excluding hydrogens is 254 g/mol. The third-order valence-corrected chi connectivity index (χ3v) is 3.02. The predicted octanol–water partition coefficient (Wildman–Crippen LogP) is 1.47. The van der Waals surface area contributed by atoms with Gasteiger partial charge >= 0.3 is 0 Å². The Balaban J connectivity index is 2.04. The van der Waals surface area contributed by atoms with Gasteiger partial charge in [0.1, 0.15) is 0 Å². The number of carbonyl (C=O) groups is 1. The van der Waals surface area contributed by atoms with Gasteiger partial charge in [-0.15, -0.1) is 0 Å². The van der Waals surface area contributed by atoms with Gasteiger partial charge in [0.15, 0.2) is 0 Å². The van der Waals surface area contributed by atoms with Crippen LogP contribution >= 0.6 is 0 Å². The highest BCUT2D eigenvalue weighted by Gasteiger charge is 2.04. The molecule has 0 aliphatic heterocycles. The molecule has 0 bridgehead atoms. The minimum Gasteiger partial charge on any atom is -0.397 e. The summed E-state index contributed by atoms with van der Waals surface area (Å²) in [5.74, 6) is -0.497. The number of hydrogen-bond donors (Lipinski definition) is 4. The number of hydrogen-bond acceptors (Lipinski definition) is 4. The van der Waals surface area contributed by atoms with Gasteiger partial charge in [0, 0.05) is 12.1 Å². The number of aliphatic hydroxyl groups is 1. The van der Waals surface area contributed by atoms with E-state index >= 15 is 0 Å². The molecule has 5 heteroatoms. The third kappa shape index (κ3) is 3.27. The van der Waals surface area contributed by atoms with E-state index in [-0.39, 0.29) is 6.61 Å². The van der Waals surface area contributed by atoms with Crippen LogP contribution in [-0.4, -0.2) is 11.0 Å². The number of carbonyl (C=O) groups excluding carboxylic acids is 1. The average Bonchev–Trinajstić information content (AvgIpc) is 2.46. The van der Waals surface area contributed by atoms with Crippen LogP contribution in [0.5, 0.6) is 0 Å². The van der Waals surface area contributed by atoms with Crippen molar-refractivity contribution >= 4 is 17.3 Å². The summed E-state index contributed by atoms with van der Waals surface area (Å²) in [6.45, 7) is 0.640. The number of primary amides is 1. The Morgan fingerprint density at radius 2 is 1.75 bits per heavy atom. The van der Waals surface area contributed by atoms with E-state index in [9.17, 15) is 4.79 Å². The van der Waals surface area contributed by atoms with E-state index in [2.05, 4.69) is 5.32 Å². The van der Waals surface area contributed by atoms with E-state index in [4.69, 9.17) is 16.6 Å². The summed E-state index contributed by atoms with van der Waals surface area (Å²) in [5.41, 5.74) is 14.6. The molecule has 0 saturated heterocycles. The van der Waals surface area contributed by atoms with E-state index < -0.39 is 5.91 Å². The molecule has 0 atom stereocenters. The molecule has 0 fully saturated rings. The van der Waals surface area contributed by atoms with Gasteiger partial charge in [-0.1, -0.05) is 24.3 Å². The molecule has 0 aliphatic carbocycles. The predicted molar refractivity (Wildman–Crippen MR) is 79.1 cm³/mol. The Kier molecular flexibility index (Phi) is 4.22. The van der Waals surface area contributed by atoms with E-state index in [0.29, 0.717) is 17.8 Å². The Morgan fingerprint density at radius 1 is 1.10 bits per heavy atom. The molecule has 5 nitrogen and oxygen atoms in total. The maximum atomic E-state index is 11.0. The lowest BCUT2D eigenvalue weighted by Crippen LogP contribution is -2.12. The molecule has 104 valence electrons. The topological polar surface area (TPSA) is 101 Å². The van der Waals surface area contributed by atoms with Gasteiger partial charge in [-0.2, -0.15) is 0 Å². The second-order valence-corrected chi connectivity index (χ2v) is 4.49. The van der Waals surface area contributed by atoms with Crippen LogP contribution in [0.4, 0.5) is 11.4 Å². The Bertz CT molecular complexity index is 609. The van der Waals surface area contributed by atoms with Gasteiger partial charge in [-0.05, 0) is 29.3 Å². The minimum absolute atomic E-state index is 0.0369. The van der Waals surface area contributed by atoms with Gasteiger partial charge in [0.05, 0.1) is 18.0 Å². The van der Waals surface area contributed by atoms with Gasteiger partial charge in [0.25, 0.3) is 0 Å². The van der Waals surface area contributed by atoms with Gasteiger partial charge in [-0.3, -0.25) is 4.79 Å². The summed E-state index contributed by atoms with van der Waals surface area (Å²) in [7, 11) is 0. The molecule has 0 unspecified atom stereocenters. The number of benzene rings is 2. The summed E-state index contributed by atoms with van der Waals surface area (Å²) in [6.07, 6.45) is 0. The van der Waals surface area contributed by atoms with E-state index in [0.717, 1.165) is 16.8 Å². The quantitative estimate of drug-likeness (QED) is 0.618. The second-order valence-electron chi connectivity index (χ2n) is 4.49. The maximum Gasteiger partial charge on any atom is 0.248 e. The molecule has 6 N–H and O–H groups in total. The molecule has 0 saturated carbocycles. The maximum absolute atomic E-state index is 11.0. The normalized spacial score (nSPS) is 10.2. The third-order valence-electron chi connectivity index (χ3n) is 3.02. The summed E-state index contributed by atoms with van der Waals surface area (Å²) < 4.78 is 0. The van der Waals surface area contributed by atoms with E-state index in [1.807, 2.05) is 24.3 Å². The fraction of sp³-hybridized carbons (Fsp3) is 0.133. The molecule has 20 heavy (non-hydrogen) atoms. The summed E-state index contributed by atoms with van der Waals surface area (Å²) in [4.78, 5) is 11.0. The summed E-state index contributed by atoms with van der Waals surface area (Å²) in [5, 5.41) is 12.2. The van der Waals surface area contributed by atoms with Crippen molar-refractivity contribution in [2.45, 2.75) is 13.2 Å². The van der Waals surface area contributed by atoms with Crippen molar-refractivity contribution in [3.8, 4) is 0 Å². The van der Waals surface area contributed by atoms with Crippen molar-refractivity contribution < 1.29 is 9.90 Å². The Labute approximate surface area is 117 Å². The van der Waals surface area contributed by atoms with Crippen LogP contribution in [0.15, 0.2) is 42.5 Å². The zero-order valence-corrected chi connectivity index (χ0v) is 11.0. The van der Waals surface area contributed by atoms with Crippen LogP contribution in [0.2, 0.25) is 0 Å². The molecule has 2 rings (SSSR count). The molecular formula is C15H17N3O2. The molecule has 2 aromatic rings. The summed E-state index contributed by atoms with van der Waals surface area (Å²) in [6, 6.07) is 12.5. The Morgan fingerprint density at radius 3 is 2.30 bits per heavy atom. The molecule has 1 amide bonds. The van der Waals surface area contributed by atoms with Crippen LogP contribution in [0.1, 0.15) is 21.5 Å². The number of nitrogens with one attached hydrogen (secondary N) is 1. The zero-order valence-electron chi connectivity index (χ0n) is 11.0. The highest BCUT2D eigenvalue weighted by Crippen LogP contribution is 2.20.